The zero-order chi connectivity index (χ0) is 10.4. The van der Waals surface area contributed by atoms with Gasteiger partial charge < -0.3 is 9.47 Å². The van der Waals surface area contributed by atoms with Crippen LogP contribution in [-0.2, 0) is 9.47 Å². The molecule has 0 aliphatic heterocycles. The summed E-state index contributed by atoms with van der Waals surface area (Å²) in [6.45, 7) is 7.11. The Balaban J connectivity index is 2.05. The lowest BCUT2D eigenvalue weighted by atomic mass is 10.3. The van der Waals surface area contributed by atoms with E-state index >= 15 is 0 Å². The normalized spacial score (nSPS) is 22.5. The first-order valence-electron chi connectivity index (χ1n) is 5.99. The van der Waals surface area contributed by atoms with Crippen LogP contribution >= 0.6 is 0 Å². The van der Waals surface area contributed by atoms with Crippen LogP contribution in [0.5, 0.6) is 0 Å². The largest absolute Gasteiger partial charge is 0.376 e. The molecule has 1 fully saturated rings. The Labute approximate surface area is 88.0 Å². The summed E-state index contributed by atoms with van der Waals surface area (Å²) in [5.41, 5.74) is 0. The van der Waals surface area contributed by atoms with Gasteiger partial charge in [-0.25, -0.2) is 0 Å². The Morgan fingerprint density at radius 2 is 1.79 bits per heavy atom. The molecule has 0 N–H and O–H groups in total. The highest BCUT2D eigenvalue weighted by Crippen LogP contribution is 2.22. The molecule has 1 aliphatic rings. The third kappa shape index (κ3) is 4.43. The molecule has 84 valence electrons. The highest BCUT2D eigenvalue weighted by molar-refractivity contribution is 4.68. The molecule has 0 bridgehead atoms. The summed E-state index contributed by atoms with van der Waals surface area (Å²) in [5.74, 6) is 0. The van der Waals surface area contributed by atoms with Crippen molar-refractivity contribution in [3.8, 4) is 0 Å². The summed E-state index contributed by atoms with van der Waals surface area (Å²) in [6.07, 6.45) is 7.37. The molecule has 2 unspecified atom stereocenters. The standard InChI is InChI=1S/C12H24O2/c1-4-10(2)13-9-11(3)14-12-7-5-6-8-12/h10-12H,4-9H2,1-3H3. The van der Waals surface area contributed by atoms with Crippen LogP contribution in [0.4, 0.5) is 0 Å². The Morgan fingerprint density at radius 1 is 1.14 bits per heavy atom. The third-order valence-corrected chi connectivity index (χ3v) is 2.92. The molecule has 1 saturated carbocycles. The maximum Gasteiger partial charge on any atom is 0.0784 e. The second kappa shape index (κ2) is 6.41. The number of hydrogen-bond acceptors (Lipinski definition) is 2. The van der Waals surface area contributed by atoms with Gasteiger partial charge in [0.05, 0.1) is 24.9 Å². The van der Waals surface area contributed by atoms with E-state index in [2.05, 4.69) is 20.8 Å². The average Bonchev–Trinajstić information content (AvgIpc) is 2.66. The van der Waals surface area contributed by atoms with E-state index in [1.807, 2.05) is 0 Å². The molecule has 2 heteroatoms. The second-order valence-corrected chi connectivity index (χ2v) is 4.41. The van der Waals surface area contributed by atoms with Gasteiger partial charge in [-0.1, -0.05) is 19.8 Å². The Kier molecular flexibility index (Phi) is 5.49. The molecule has 0 aromatic carbocycles. The number of rotatable bonds is 6. The minimum absolute atomic E-state index is 0.257. The van der Waals surface area contributed by atoms with Crippen molar-refractivity contribution in [2.45, 2.75) is 71.2 Å². The van der Waals surface area contributed by atoms with Crippen LogP contribution in [0.3, 0.4) is 0 Å². The average molecular weight is 200 g/mol. The van der Waals surface area contributed by atoms with Crippen molar-refractivity contribution in [1.82, 2.24) is 0 Å². The van der Waals surface area contributed by atoms with Crippen molar-refractivity contribution in [1.29, 1.82) is 0 Å². The Bertz CT molecular complexity index is 141. The van der Waals surface area contributed by atoms with Gasteiger partial charge in [-0.15, -0.1) is 0 Å². The summed E-state index contributed by atoms with van der Waals surface area (Å²) in [7, 11) is 0. The molecule has 2 atom stereocenters. The first kappa shape index (κ1) is 12.0. The maximum absolute atomic E-state index is 5.88. The molecule has 1 aliphatic carbocycles. The van der Waals surface area contributed by atoms with Gasteiger partial charge in [0, 0.05) is 0 Å². The molecular weight excluding hydrogens is 176 g/mol. The fraction of sp³-hybridized carbons (Fsp3) is 1.00. The van der Waals surface area contributed by atoms with Crippen molar-refractivity contribution < 1.29 is 9.47 Å². The number of ether oxygens (including phenoxy) is 2. The molecule has 0 radical (unpaired) electrons. The van der Waals surface area contributed by atoms with Crippen molar-refractivity contribution in [3.05, 3.63) is 0 Å². The lowest BCUT2D eigenvalue weighted by molar-refractivity contribution is -0.0619. The van der Waals surface area contributed by atoms with Gasteiger partial charge in [0.25, 0.3) is 0 Å². The maximum atomic E-state index is 5.88. The molecule has 1 rings (SSSR count). The lowest BCUT2D eigenvalue weighted by Crippen LogP contribution is -2.24. The fourth-order valence-corrected chi connectivity index (χ4v) is 1.81. The van der Waals surface area contributed by atoms with Crippen LogP contribution in [0.1, 0.15) is 52.9 Å². The monoisotopic (exact) mass is 200 g/mol. The van der Waals surface area contributed by atoms with Gasteiger partial charge in [0.2, 0.25) is 0 Å². The summed E-state index contributed by atoms with van der Waals surface area (Å²) in [4.78, 5) is 0. The van der Waals surface area contributed by atoms with Gasteiger partial charge in [-0.2, -0.15) is 0 Å². The zero-order valence-corrected chi connectivity index (χ0v) is 9.79. The molecule has 0 amide bonds. The van der Waals surface area contributed by atoms with Gasteiger partial charge >= 0.3 is 0 Å². The summed E-state index contributed by atoms with van der Waals surface area (Å²) < 4.78 is 11.5. The van der Waals surface area contributed by atoms with Gasteiger partial charge in [-0.05, 0) is 33.1 Å². The molecule has 0 heterocycles. The van der Waals surface area contributed by atoms with Crippen molar-refractivity contribution >= 4 is 0 Å². The highest BCUT2D eigenvalue weighted by Gasteiger charge is 2.18. The SMILES string of the molecule is CCC(C)OCC(C)OC1CCCC1. The van der Waals surface area contributed by atoms with Crippen LogP contribution in [0.2, 0.25) is 0 Å². The van der Waals surface area contributed by atoms with Crippen LogP contribution in [-0.4, -0.2) is 24.9 Å². The second-order valence-electron chi connectivity index (χ2n) is 4.41. The summed E-state index contributed by atoms with van der Waals surface area (Å²) in [5, 5.41) is 0. The van der Waals surface area contributed by atoms with E-state index in [0.29, 0.717) is 12.2 Å². The van der Waals surface area contributed by atoms with Gasteiger partial charge in [0.1, 0.15) is 0 Å². The quantitative estimate of drug-likeness (QED) is 0.655. The topological polar surface area (TPSA) is 18.5 Å². The minimum atomic E-state index is 0.257. The van der Waals surface area contributed by atoms with Gasteiger partial charge in [0.15, 0.2) is 0 Å². The first-order chi connectivity index (χ1) is 6.72. The van der Waals surface area contributed by atoms with Crippen molar-refractivity contribution in [3.63, 3.8) is 0 Å². The number of hydrogen-bond donors (Lipinski definition) is 0. The molecule has 0 spiro atoms. The van der Waals surface area contributed by atoms with Crippen molar-refractivity contribution in [2.24, 2.45) is 0 Å². The first-order valence-corrected chi connectivity index (χ1v) is 5.99. The lowest BCUT2D eigenvalue weighted by Gasteiger charge is -2.20. The van der Waals surface area contributed by atoms with Gasteiger partial charge in [-0.3, -0.25) is 0 Å². The molecule has 0 aromatic heterocycles. The molecule has 0 aromatic rings. The summed E-state index contributed by atoms with van der Waals surface area (Å²) in [6, 6.07) is 0. The van der Waals surface area contributed by atoms with E-state index in [4.69, 9.17) is 9.47 Å². The molecule has 14 heavy (non-hydrogen) atoms. The zero-order valence-electron chi connectivity index (χ0n) is 9.79. The van der Waals surface area contributed by atoms with E-state index < -0.39 is 0 Å². The van der Waals surface area contributed by atoms with E-state index in [-0.39, 0.29) is 6.10 Å². The van der Waals surface area contributed by atoms with E-state index in [1.54, 1.807) is 0 Å². The third-order valence-electron chi connectivity index (χ3n) is 2.92. The summed E-state index contributed by atoms with van der Waals surface area (Å²) >= 11 is 0. The Hall–Kier alpha value is -0.0800. The van der Waals surface area contributed by atoms with E-state index in [1.165, 1.54) is 25.7 Å². The molecule has 2 nitrogen and oxygen atoms in total. The molecule has 0 saturated heterocycles. The highest BCUT2D eigenvalue weighted by atomic mass is 16.5. The van der Waals surface area contributed by atoms with Crippen LogP contribution in [0.15, 0.2) is 0 Å². The predicted molar refractivity (Wildman–Crippen MR) is 58.5 cm³/mol. The Morgan fingerprint density at radius 3 is 2.36 bits per heavy atom. The van der Waals surface area contributed by atoms with E-state index in [9.17, 15) is 0 Å². The van der Waals surface area contributed by atoms with Crippen LogP contribution in [0, 0.1) is 0 Å². The van der Waals surface area contributed by atoms with Crippen LogP contribution < -0.4 is 0 Å². The van der Waals surface area contributed by atoms with E-state index in [0.717, 1.165) is 13.0 Å². The predicted octanol–water partition coefficient (Wildman–Crippen LogP) is 3.15. The molecular formula is C12H24O2. The van der Waals surface area contributed by atoms with Crippen LogP contribution in [0.25, 0.3) is 0 Å². The minimum Gasteiger partial charge on any atom is -0.376 e. The van der Waals surface area contributed by atoms with Crippen molar-refractivity contribution in [2.75, 3.05) is 6.61 Å². The fourth-order valence-electron chi connectivity index (χ4n) is 1.81. The smallest absolute Gasteiger partial charge is 0.0784 e.